The molecule has 0 heterocycles. The van der Waals surface area contributed by atoms with Gasteiger partial charge in [0, 0.05) is 13.1 Å². The lowest BCUT2D eigenvalue weighted by Gasteiger charge is -2.28. The maximum Gasteiger partial charge on any atom is 0.320 e. The Morgan fingerprint density at radius 2 is 1.90 bits per heavy atom. The fourth-order valence-corrected chi connectivity index (χ4v) is 2.18. The number of benzene rings is 1. The van der Waals surface area contributed by atoms with E-state index >= 15 is 0 Å². The van der Waals surface area contributed by atoms with Crippen LogP contribution < -0.4 is 0 Å². The summed E-state index contributed by atoms with van der Waals surface area (Å²) < 4.78 is 0. The van der Waals surface area contributed by atoms with Crippen molar-refractivity contribution >= 4 is 11.9 Å². The summed E-state index contributed by atoms with van der Waals surface area (Å²) in [6.07, 6.45) is 0.385. The van der Waals surface area contributed by atoms with E-state index in [2.05, 4.69) is 0 Å². The second-order valence-electron chi connectivity index (χ2n) is 4.80. The van der Waals surface area contributed by atoms with Gasteiger partial charge in [0.05, 0.1) is 6.42 Å². The van der Waals surface area contributed by atoms with Crippen LogP contribution >= 0.6 is 0 Å². The van der Waals surface area contributed by atoms with Gasteiger partial charge < -0.3 is 10.2 Å². The molecule has 0 amide bonds. The molecular weight excluding hydrogens is 258 g/mol. The molecule has 1 unspecified atom stereocenters. The number of aryl methyl sites for hydroxylation is 1. The van der Waals surface area contributed by atoms with Crippen molar-refractivity contribution < 1.29 is 19.8 Å². The first kappa shape index (κ1) is 16.2. The molecule has 20 heavy (non-hydrogen) atoms. The van der Waals surface area contributed by atoms with E-state index in [1.54, 1.807) is 11.8 Å². The summed E-state index contributed by atoms with van der Waals surface area (Å²) in [5.41, 5.74) is 2.10. The molecule has 0 bridgehead atoms. The molecular formula is C15H21NO4. The highest BCUT2D eigenvalue weighted by molar-refractivity contribution is 5.73. The third-order valence-electron chi connectivity index (χ3n) is 3.36. The lowest BCUT2D eigenvalue weighted by molar-refractivity contribution is -0.145. The third kappa shape index (κ3) is 4.66. The Kier molecular flexibility index (Phi) is 6.18. The third-order valence-corrected chi connectivity index (χ3v) is 3.36. The quantitative estimate of drug-likeness (QED) is 0.762. The first-order valence-electron chi connectivity index (χ1n) is 6.68. The number of hydrogen-bond acceptors (Lipinski definition) is 3. The van der Waals surface area contributed by atoms with E-state index in [4.69, 9.17) is 5.11 Å². The predicted octanol–water partition coefficient (Wildman–Crippen LogP) is 2.13. The molecule has 0 aliphatic carbocycles. The largest absolute Gasteiger partial charge is 0.481 e. The van der Waals surface area contributed by atoms with Gasteiger partial charge in [-0.2, -0.15) is 0 Å². The maximum absolute atomic E-state index is 11.3. The molecule has 0 aromatic heterocycles. The number of aliphatic carboxylic acids is 2. The number of carbonyl (C=O) groups is 2. The van der Waals surface area contributed by atoms with Crippen LogP contribution in [-0.4, -0.2) is 39.6 Å². The molecule has 0 fully saturated rings. The molecule has 0 aliphatic heterocycles. The van der Waals surface area contributed by atoms with Gasteiger partial charge in [-0.1, -0.05) is 31.2 Å². The minimum atomic E-state index is -0.917. The van der Waals surface area contributed by atoms with Crippen molar-refractivity contribution in [2.45, 2.75) is 39.3 Å². The van der Waals surface area contributed by atoms with Gasteiger partial charge in [0.15, 0.2) is 0 Å². The Bertz CT molecular complexity index is 473. The molecule has 0 saturated heterocycles. The molecule has 0 spiro atoms. The maximum atomic E-state index is 11.3. The summed E-state index contributed by atoms with van der Waals surface area (Å²) in [5.74, 6) is -1.83. The molecule has 0 aliphatic rings. The molecule has 2 N–H and O–H groups in total. The van der Waals surface area contributed by atoms with Crippen molar-refractivity contribution in [3.63, 3.8) is 0 Å². The molecule has 110 valence electrons. The molecule has 0 radical (unpaired) electrons. The van der Waals surface area contributed by atoms with Gasteiger partial charge in [0.1, 0.15) is 6.04 Å². The first-order chi connectivity index (χ1) is 9.45. The van der Waals surface area contributed by atoms with E-state index in [0.717, 1.165) is 11.1 Å². The fourth-order valence-electron chi connectivity index (χ4n) is 2.18. The van der Waals surface area contributed by atoms with E-state index in [9.17, 15) is 14.7 Å². The SMILES string of the molecule is CCC(C(=O)O)N(CCC(=O)O)Cc1ccccc1C. The molecule has 1 aromatic rings. The number of rotatable bonds is 8. The van der Waals surface area contributed by atoms with Crippen LogP contribution in [0.15, 0.2) is 24.3 Å². The average Bonchev–Trinajstić information content (AvgIpc) is 2.38. The number of nitrogens with zero attached hydrogens (tertiary/aromatic N) is 1. The van der Waals surface area contributed by atoms with Crippen LogP contribution in [0.2, 0.25) is 0 Å². The van der Waals surface area contributed by atoms with Crippen molar-refractivity contribution in [1.82, 2.24) is 4.90 Å². The molecule has 5 heteroatoms. The molecule has 1 rings (SSSR count). The van der Waals surface area contributed by atoms with E-state index < -0.39 is 18.0 Å². The topological polar surface area (TPSA) is 77.8 Å². The normalized spacial score (nSPS) is 12.3. The van der Waals surface area contributed by atoms with Crippen LogP contribution in [0.1, 0.15) is 30.9 Å². The summed E-state index contributed by atoms with van der Waals surface area (Å²) >= 11 is 0. The van der Waals surface area contributed by atoms with Gasteiger partial charge in [-0.25, -0.2) is 0 Å². The molecule has 0 saturated carbocycles. The number of carboxylic acid groups (broad SMARTS) is 2. The zero-order chi connectivity index (χ0) is 15.1. The molecule has 5 nitrogen and oxygen atoms in total. The van der Waals surface area contributed by atoms with Crippen molar-refractivity contribution in [3.05, 3.63) is 35.4 Å². The van der Waals surface area contributed by atoms with Crippen molar-refractivity contribution in [2.75, 3.05) is 6.54 Å². The molecule has 1 aromatic carbocycles. The smallest absolute Gasteiger partial charge is 0.320 e. The van der Waals surface area contributed by atoms with E-state index in [1.165, 1.54) is 0 Å². The van der Waals surface area contributed by atoms with E-state index in [-0.39, 0.29) is 13.0 Å². The van der Waals surface area contributed by atoms with Gasteiger partial charge in [0.25, 0.3) is 0 Å². The minimum Gasteiger partial charge on any atom is -0.481 e. The summed E-state index contributed by atoms with van der Waals surface area (Å²) in [6.45, 7) is 4.44. The highest BCUT2D eigenvalue weighted by Crippen LogP contribution is 2.15. The number of hydrogen-bond donors (Lipinski definition) is 2. The van der Waals surface area contributed by atoms with Crippen molar-refractivity contribution in [1.29, 1.82) is 0 Å². The van der Waals surface area contributed by atoms with E-state index in [0.29, 0.717) is 13.0 Å². The Morgan fingerprint density at radius 3 is 2.40 bits per heavy atom. The van der Waals surface area contributed by atoms with E-state index in [1.807, 2.05) is 31.2 Å². The molecule has 1 atom stereocenters. The van der Waals surface area contributed by atoms with Crippen LogP contribution in [0, 0.1) is 6.92 Å². The highest BCUT2D eigenvalue weighted by atomic mass is 16.4. The average molecular weight is 279 g/mol. The standard InChI is InChI=1S/C15H21NO4/c1-3-13(15(19)20)16(9-8-14(17)18)10-12-7-5-4-6-11(12)2/h4-7,13H,3,8-10H2,1-2H3,(H,17,18)(H,19,20). The Balaban J connectivity index is 2.89. The second kappa shape index (κ2) is 7.65. The monoisotopic (exact) mass is 279 g/mol. The zero-order valence-electron chi connectivity index (χ0n) is 11.9. The Hall–Kier alpha value is -1.88. The van der Waals surface area contributed by atoms with Crippen molar-refractivity contribution in [2.24, 2.45) is 0 Å². The lowest BCUT2D eigenvalue weighted by Crippen LogP contribution is -2.41. The fraction of sp³-hybridized carbons (Fsp3) is 0.467. The van der Waals surface area contributed by atoms with Crippen molar-refractivity contribution in [3.8, 4) is 0 Å². The van der Waals surface area contributed by atoms with Gasteiger partial charge >= 0.3 is 11.9 Å². The zero-order valence-corrected chi connectivity index (χ0v) is 11.9. The van der Waals surface area contributed by atoms with Gasteiger partial charge in [-0.15, -0.1) is 0 Å². The predicted molar refractivity (Wildman–Crippen MR) is 75.6 cm³/mol. The highest BCUT2D eigenvalue weighted by Gasteiger charge is 2.24. The first-order valence-corrected chi connectivity index (χ1v) is 6.68. The minimum absolute atomic E-state index is 0.0599. The summed E-state index contributed by atoms with van der Waals surface area (Å²) in [6, 6.07) is 7.08. The van der Waals surface area contributed by atoms with Crippen LogP contribution in [0.4, 0.5) is 0 Å². The summed E-state index contributed by atoms with van der Waals surface area (Å²) in [5, 5.41) is 18.1. The Morgan fingerprint density at radius 1 is 1.25 bits per heavy atom. The van der Waals surface area contributed by atoms with Crippen LogP contribution in [0.3, 0.4) is 0 Å². The number of carboxylic acids is 2. The van der Waals surface area contributed by atoms with Gasteiger partial charge in [-0.3, -0.25) is 14.5 Å². The van der Waals surface area contributed by atoms with Crippen LogP contribution in [0.5, 0.6) is 0 Å². The summed E-state index contributed by atoms with van der Waals surface area (Å²) in [4.78, 5) is 23.8. The lowest BCUT2D eigenvalue weighted by atomic mass is 10.1. The second-order valence-corrected chi connectivity index (χ2v) is 4.80. The van der Waals surface area contributed by atoms with Gasteiger partial charge in [-0.05, 0) is 24.5 Å². The van der Waals surface area contributed by atoms with Crippen LogP contribution in [-0.2, 0) is 16.1 Å². The van der Waals surface area contributed by atoms with Crippen LogP contribution in [0.25, 0.3) is 0 Å². The summed E-state index contributed by atoms with van der Waals surface area (Å²) in [7, 11) is 0. The van der Waals surface area contributed by atoms with Gasteiger partial charge in [0.2, 0.25) is 0 Å². The Labute approximate surface area is 118 Å².